The van der Waals surface area contributed by atoms with Crippen LogP contribution in [0.1, 0.15) is 22.0 Å². The van der Waals surface area contributed by atoms with Crippen LogP contribution in [0.5, 0.6) is 0 Å². The molecule has 0 aliphatic rings. The summed E-state index contributed by atoms with van der Waals surface area (Å²) in [6.45, 7) is 0. The Balaban J connectivity index is 1.85. The van der Waals surface area contributed by atoms with Gasteiger partial charge in [-0.05, 0) is 18.2 Å². The molecule has 1 amide bonds. The van der Waals surface area contributed by atoms with Crippen LogP contribution < -0.4 is 5.32 Å². The molecule has 0 radical (unpaired) electrons. The third-order valence-electron chi connectivity index (χ3n) is 3.88. The van der Waals surface area contributed by atoms with Crippen molar-refractivity contribution in [3.8, 4) is 0 Å². The number of amides is 1. The van der Waals surface area contributed by atoms with Gasteiger partial charge in [0, 0.05) is 30.1 Å². The Morgan fingerprint density at radius 2 is 1.86 bits per heavy atom. The number of esters is 1. The first-order valence-corrected chi connectivity index (χ1v) is 8.74. The highest BCUT2D eigenvalue weighted by Gasteiger charge is 2.26. The number of hydrogen-bond donors (Lipinski definition) is 1. The van der Waals surface area contributed by atoms with E-state index in [0.29, 0.717) is 5.56 Å². The maximum Gasteiger partial charge on any atom is 0.340 e. The van der Waals surface area contributed by atoms with E-state index >= 15 is 0 Å². The van der Waals surface area contributed by atoms with Crippen molar-refractivity contribution in [2.24, 2.45) is 0 Å². The van der Waals surface area contributed by atoms with Crippen LogP contribution in [0.25, 0.3) is 0 Å². The second kappa shape index (κ2) is 8.94. The number of nitrogens with zero attached hydrogens (tertiary/aromatic N) is 2. The van der Waals surface area contributed by atoms with Gasteiger partial charge < -0.3 is 10.1 Å². The first-order chi connectivity index (χ1) is 14.0. The van der Waals surface area contributed by atoms with Crippen molar-refractivity contribution in [2.75, 3.05) is 5.32 Å². The summed E-state index contributed by atoms with van der Waals surface area (Å²) in [5.41, 5.74) is 0.575. The van der Waals surface area contributed by atoms with Gasteiger partial charge in [-0.2, -0.15) is 0 Å². The largest absolute Gasteiger partial charge is 0.444 e. The Morgan fingerprint density at radius 1 is 1.10 bits per heavy atom. The van der Waals surface area contributed by atoms with E-state index in [1.54, 1.807) is 36.4 Å². The van der Waals surface area contributed by atoms with Crippen LogP contribution in [0.4, 0.5) is 11.4 Å². The van der Waals surface area contributed by atoms with Gasteiger partial charge in [-0.15, -0.1) is 0 Å². The highest BCUT2D eigenvalue weighted by Crippen LogP contribution is 2.28. The second-order valence-corrected chi connectivity index (χ2v) is 6.26. The van der Waals surface area contributed by atoms with Gasteiger partial charge in [-0.1, -0.05) is 41.9 Å². The lowest BCUT2D eigenvalue weighted by Crippen LogP contribution is -2.26. The number of non-ortho nitro benzene ring substituents is 1. The van der Waals surface area contributed by atoms with E-state index in [1.165, 1.54) is 30.6 Å². The number of aromatic nitrogens is 1. The van der Waals surface area contributed by atoms with Crippen molar-refractivity contribution >= 4 is 34.9 Å². The number of nitrogens with one attached hydrogen (secondary N) is 1. The minimum atomic E-state index is -1.27. The normalized spacial score (nSPS) is 11.3. The van der Waals surface area contributed by atoms with E-state index in [1.807, 2.05) is 0 Å². The Morgan fingerprint density at radius 3 is 2.48 bits per heavy atom. The van der Waals surface area contributed by atoms with Crippen LogP contribution >= 0.6 is 11.6 Å². The number of halogens is 1. The Kier molecular flexibility index (Phi) is 6.16. The van der Waals surface area contributed by atoms with E-state index < -0.39 is 22.9 Å². The lowest BCUT2D eigenvalue weighted by atomic mass is 10.1. The molecule has 0 fully saturated rings. The molecule has 9 heteroatoms. The van der Waals surface area contributed by atoms with Gasteiger partial charge in [0.05, 0.1) is 21.2 Å². The highest BCUT2D eigenvalue weighted by atomic mass is 35.5. The third kappa shape index (κ3) is 4.94. The van der Waals surface area contributed by atoms with Crippen LogP contribution in [-0.2, 0) is 9.53 Å². The monoisotopic (exact) mass is 411 g/mol. The molecule has 0 aliphatic heterocycles. The fourth-order valence-corrected chi connectivity index (χ4v) is 2.70. The topological polar surface area (TPSA) is 111 Å². The van der Waals surface area contributed by atoms with Crippen molar-refractivity contribution in [2.45, 2.75) is 6.10 Å². The molecular formula is C20H14ClN3O5. The standard InChI is InChI=1S/C20H14ClN3O5/c21-16-11-15(24(27)28)8-9-17(16)23-19(25)18(13-5-2-1-3-6-13)29-20(26)14-7-4-10-22-12-14/h1-12,18H,(H,23,25)/t18-/m1/s1. The molecule has 1 heterocycles. The van der Waals surface area contributed by atoms with Crippen molar-refractivity contribution < 1.29 is 19.2 Å². The number of ether oxygens (including phenoxy) is 1. The summed E-state index contributed by atoms with van der Waals surface area (Å²) >= 11 is 6.03. The molecule has 1 atom stereocenters. The highest BCUT2D eigenvalue weighted by molar-refractivity contribution is 6.34. The van der Waals surface area contributed by atoms with E-state index in [2.05, 4.69) is 10.3 Å². The summed E-state index contributed by atoms with van der Waals surface area (Å²) in [6, 6.07) is 15.2. The zero-order chi connectivity index (χ0) is 20.8. The number of benzene rings is 2. The average Bonchev–Trinajstić information content (AvgIpc) is 2.74. The lowest BCUT2D eigenvalue weighted by Gasteiger charge is -2.18. The summed E-state index contributed by atoms with van der Waals surface area (Å²) in [4.78, 5) is 39.4. The number of carbonyl (C=O) groups is 2. The molecule has 0 spiro atoms. The molecule has 3 aromatic rings. The molecule has 146 valence electrons. The Labute approximate surface area is 170 Å². The molecule has 8 nitrogen and oxygen atoms in total. The van der Waals surface area contributed by atoms with Gasteiger partial charge in [-0.25, -0.2) is 4.79 Å². The lowest BCUT2D eigenvalue weighted by molar-refractivity contribution is -0.384. The molecule has 2 aromatic carbocycles. The van der Waals surface area contributed by atoms with Crippen LogP contribution in [0.15, 0.2) is 73.1 Å². The first kappa shape index (κ1) is 20.0. The minimum Gasteiger partial charge on any atom is -0.444 e. The van der Waals surface area contributed by atoms with Gasteiger partial charge in [0.25, 0.3) is 11.6 Å². The number of anilines is 1. The summed E-state index contributed by atoms with van der Waals surface area (Å²) in [7, 11) is 0. The smallest absolute Gasteiger partial charge is 0.340 e. The molecular weight excluding hydrogens is 398 g/mol. The molecule has 0 aliphatic carbocycles. The number of pyridine rings is 1. The molecule has 1 N–H and O–H groups in total. The maximum atomic E-state index is 12.9. The van der Waals surface area contributed by atoms with Crippen molar-refractivity contribution in [3.05, 3.63) is 99.3 Å². The summed E-state index contributed by atoms with van der Waals surface area (Å²) < 4.78 is 5.42. The maximum absolute atomic E-state index is 12.9. The van der Waals surface area contributed by atoms with E-state index in [0.717, 1.165) is 6.07 Å². The molecule has 0 unspecified atom stereocenters. The van der Waals surface area contributed by atoms with Gasteiger partial charge in [0.15, 0.2) is 0 Å². The van der Waals surface area contributed by atoms with Crippen molar-refractivity contribution in [1.82, 2.24) is 4.98 Å². The Hall–Kier alpha value is -3.78. The number of carbonyl (C=O) groups excluding carboxylic acids is 2. The third-order valence-corrected chi connectivity index (χ3v) is 4.20. The van der Waals surface area contributed by atoms with Gasteiger partial charge in [-0.3, -0.25) is 19.9 Å². The Bertz CT molecular complexity index is 1040. The average molecular weight is 412 g/mol. The predicted molar refractivity (Wildman–Crippen MR) is 106 cm³/mol. The van der Waals surface area contributed by atoms with Crippen LogP contribution in [0, 0.1) is 10.1 Å². The molecule has 0 saturated carbocycles. The van der Waals surface area contributed by atoms with Crippen molar-refractivity contribution in [1.29, 1.82) is 0 Å². The van der Waals surface area contributed by atoms with Gasteiger partial charge in [0.2, 0.25) is 6.10 Å². The predicted octanol–water partition coefficient (Wildman–Crippen LogP) is 4.18. The fraction of sp³-hybridized carbons (Fsp3) is 0.0500. The number of hydrogen-bond acceptors (Lipinski definition) is 6. The van der Waals surface area contributed by atoms with Gasteiger partial charge >= 0.3 is 5.97 Å². The molecule has 0 saturated heterocycles. The summed E-state index contributed by atoms with van der Waals surface area (Å²) in [5, 5.41) is 13.4. The number of nitro groups is 1. The molecule has 29 heavy (non-hydrogen) atoms. The minimum absolute atomic E-state index is 0.0158. The number of nitro benzene ring substituents is 1. The van der Waals surface area contributed by atoms with E-state index in [4.69, 9.17) is 16.3 Å². The van der Waals surface area contributed by atoms with Crippen LogP contribution in [-0.4, -0.2) is 21.8 Å². The summed E-state index contributed by atoms with van der Waals surface area (Å²) in [5.74, 6) is -1.39. The first-order valence-electron chi connectivity index (χ1n) is 8.36. The van der Waals surface area contributed by atoms with Crippen molar-refractivity contribution in [3.63, 3.8) is 0 Å². The van der Waals surface area contributed by atoms with Gasteiger partial charge in [0.1, 0.15) is 0 Å². The molecule has 0 bridgehead atoms. The van der Waals surface area contributed by atoms with E-state index in [9.17, 15) is 19.7 Å². The second-order valence-electron chi connectivity index (χ2n) is 5.85. The molecule has 3 rings (SSSR count). The van der Waals surface area contributed by atoms with Crippen LogP contribution in [0.3, 0.4) is 0 Å². The zero-order valence-corrected chi connectivity index (χ0v) is 15.6. The van der Waals surface area contributed by atoms with E-state index in [-0.39, 0.29) is 22.0 Å². The fourth-order valence-electron chi connectivity index (χ4n) is 2.48. The molecule has 1 aromatic heterocycles. The zero-order valence-electron chi connectivity index (χ0n) is 14.8. The summed E-state index contributed by atoms with van der Waals surface area (Å²) in [6.07, 6.45) is 1.57. The van der Waals surface area contributed by atoms with Crippen LogP contribution in [0.2, 0.25) is 5.02 Å². The number of rotatable bonds is 6. The SMILES string of the molecule is O=C(O[C@@H](C(=O)Nc1ccc([N+](=O)[O-])cc1Cl)c1ccccc1)c1cccnc1. The quantitative estimate of drug-likeness (QED) is 0.370.